The lowest BCUT2D eigenvalue weighted by Gasteiger charge is -2.39. The molecule has 0 bridgehead atoms. The topological polar surface area (TPSA) is 52.6 Å². The Labute approximate surface area is 71.5 Å². The van der Waals surface area contributed by atoms with Gasteiger partial charge in [0.15, 0.2) is 0 Å². The summed E-state index contributed by atoms with van der Waals surface area (Å²) < 4.78 is 0. The van der Waals surface area contributed by atoms with Gasteiger partial charge >= 0.3 is 0 Å². The van der Waals surface area contributed by atoms with Crippen LogP contribution in [0.4, 0.5) is 0 Å². The summed E-state index contributed by atoms with van der Waals surface area (Å²) in [5, 5.41) is 12.6. The van der Waals surface area contributed by atoms with Crippen LogP contribution < -0.4 is 5.32 Å². The van der Waals surface area contributed by atoms with Crippen LogP contribution in [-0.2, 0) is 4.79 Å². The summed E-state index contributed by atoms with van der Waals surface area (Å²) >= 11 is 0. The van der Waals surface area contributed by atoms with Gasteiger partial charge < -0.3 is 10.0 Å². The molecule has 2 atom stereocenters. The molecule has 1 unspecified atom stereocenters. The lowest BCUT2D eigenvalue weighted by Crippen LogP contribution is -2.61. The molecule has 2 N–H and O–H groups in total. The van der Waals surface area contributed by atoms with Gasteiger partial charge in [0, 0.05) is 19.0 Å². The molecule has 0 aromatic carbocycles. The first-order chi connectivity index (χ1) is 5.58. The number of carbonyl (C=O) groups is 1. The van der Waals surface area contributed by atoms with Gasteiger partial charge in [-0.25, -0.2) is 0 Å². The van der Waals surface area contributed by atoms with E-state index in [2.05, 4.69) is 5.32 Å². The van der Waals surface area contributed by atoms with Crippen molar-refractivity contribution in [1.29, 1.82) is 0 Å². The summed E-state index contributed by atoms with van der Waals surface area (Å²) in [6.45, 7) is 2.85. The Morgan fingerprint density at radius 3 is 3.25 bits per heavy atom. The fourth-order valence-electron chi connectivity index (χ4n) is 1.95. The molecule has 12 heavy (non-hydrogen) atoms. The molecule has 0 saturated carbocycles. The van der Waals surface area contributed by atoms with Crippen molar-refractivity contribution in [3.05, 3.63) is 0 Å². The third kappa shape index (κ3) is 1.21. The quantitative estimate of drug-likeness (QED) is 0.505. The van der Waals surface area contributed by atoms with Crippen LogP contribution in [0, 0.1) is 0 Å². The number of rotatable bonds is 0. The van der Waals surface area contributed by atoms with Gasteiger partial charge in [-0.15, -0.1) is 0 Å². The highest BCUT2D eigenvalue weighted by molar-refractivity contribution is 5.79. The molecule has 2 rings (SSSR count). The van der Waals surface area contributed by atoms with Crippen LogP contribution in [0.1, 0.15) is 19.8 Å². The predicted molar refractivity (Wildman–Crippen MR) is 43.4 cm³/mol. The monoisotopic (exact) mass is 170 g/mol. The Kier molecular flexibility index (Phi) is 1.63. The third-order valence-corrected chi connectivity index (χ3v) is 2.65. The van der Waals surface area contributed by atoms with Gasteiger partial charge in [-0.2, -0.15) is 0 Å². The first kappa shape index (κ1) is 8.01. The van der Waals surface area contributed by atoms with Crippen molar-refractivity contribution >= 4 is 5.91 Å². The van der Waals surface area contributed by atoms with Crippen LogP contribution in [0.5, 0.6) is 0 Å². The second kappa shape index (κ2) is 2.44. The van der Waals surface area contributed by atoms with E-state index in [0.717, 1.165) is 13.0 Å². The maximum Gasteiger partial charge on any atom is 0.223 e. The highest BCUT2D eigenvalue weighted by atomic mass is 16.3. The fourth-order valence-corrected chi connectivity index (χ4v) is 1.95. The van der Waals surface area contributed by atoms with E-state index in [-0.39, 0.29) is 5.91 Å². The second-order valence-electron chi connectivity index (χ2n) is 3.87. The number of aliphatic hydroxyl groups is 1. The zero-order valence-electron chi connectivity index (χ0n) is 7.21. The molecule has 2 aliphatic rings. The molecule has 0 aromatic rings. The number of nitrogens with one attached hydrogen (secondary N) is 1. The summed E-state index contributed by atoms with van der Waals surface area (Å²) in [6.07, 6.45) is 1.57. The normalized spacial score (nSPS) is 41.7. The Hall–Kier alpha value is -0.610. The zero-order valence-corrected chi connectivity index (χ0v) is 7.21. The molecule has 2 heterocycles. The van der Waals surface area contributed by atoms with Gasteiger partial charge in [0.1, 0.15) is 5.72 Å². The summed E-state index contributed by atoms with van der Waals surface area (Å²) in [7, 11) is 0. The molecule has 2 fully saturated rings. The minimum absolute atomic E-state index is 0.182. The molecule has 0 spiro atoms. The molecule has 2 saturated heterocycles. The van der Waals surface area contributed by atoms with Gasteiger partial charge in [-0.05, 0) is 13.3 Å². The van der Waals surface area contributed by atoms with Crippen molar-refractivity contribution in [2.24, 2.45) is 0 Å². The molecule has 0 aliphatic carbocycles. The second-order valence-corrected chi connectivity index (χ2v) is 3.87. The Morgan fingerprint density at radius 2 is 2.50 bits per heavy atom. The molecule has 0 aromatic heterocycles. The fraction of sp³-hybridized carbons (Fsp3) is 0.875. The van der Waals surface area contributed by atoms with E-state index in [0.29, 0.717) is 19.0 Å². The van der Waals surface area contributed by atoms with Crippen LogP contribution >= 0.6 is 0 Å². The van der Waals surface area contributed by atoms with Crippen molar-refractivity contribution < 1.29 is 9.90 Å². The highest BCUT2D eigenvalue weighted by Crippen LogP contribution is 2.23. The van der Waals surface area contributed by atoms with Crippen molar-refractivity contribution in [2.45, 2.75) is 31.5 Å². The number of piperazine rings is 1. The maximum absolute atomic E-state index is 11.3. The lowest BCUT2D eigenvalue weighted by molar-refractivity contribution is -0.136. The van der Waals surface area contributed by atoms with E-state index in [4.69, 9.17) is 0 Å². The Morgan fingerprint density at radius 1 is 1.75 bits per heavy atom. The summed E-state index contributed by atoms with van der Waals surface area (Å²) in [5.74, 6) is 0.182. The number of fused-ring (bicyclic) bond motifs is 1. The number of hydrogen-bond acceptors (Lipinski definition) is 3. The largest absolute Gasteiger partial charge is 0.374 e. The first-order valence-corrected chi connectivity index (χ1v) is 4.35. The first-order valence-electron chi connectivity index (χ1n) is 4.35. The van der Waals surface area contributed by atoms with Gasteiger partial charge in [0.05, 0.1) is 6.54 Å². The molecule has 4 nitrogen and oxygen atoms in total. The Balaban J connectivity index is 2.11. The molecular weight excluding hydrogens is 156 g/mol. The maximum atomic E-state index is 11.3. The van der Waals surface area contributed by atoms with Crippen molar-refractivity contribution in [3.63, 3.8) is 0 Å². The minimum Gasteiger partial charge on any atom is -0.374 e. The number of amides is 1. The molecule has 68 valence electrons. The van der Waals surface area contributed by atoms with Crippen LogP contribution in [-0.4, -0.2) is 40.8 Å². The Bertz CT molecular complexity index is 215. The number of hydrogen-bond donors (Lipinski definition) is 2. The third-order valence-electron chi connectivity index (χ3n) is 2.65. The van der Waals surface area contributed by atoms with Crippen LogP contribution in [0.15, 0.2) is 0 Å². The minimum atomic E-state index is -0.892. The zero-order chi connectivity index (χ0) is 8.77. The SMILES string of the molecule is C[C@]1(O)CN2C(=O)CCC2CN1. The highest BCUT2D eigenvalue weighted by Gasteiger charge is 2.40. The van der Waals surface area contributed by atoms with E-state index < -0.39 is 5.72 Å². The average molecular weight is 170 g/mol. The number of carbonyl (C=O) groups excluding carboxylic acids is 1. The molecular formula is C8H14N2O2. The van der Waals surface area contributed by atoms with E-state index in [9.17, 15) is 9.90 Å². The van der Waals surface area contributed by atoms with Crippen LogP contribution in [0.2, 0.25) is 0 Å². The predicted octanol–water partition coefficient (Wildman–Crippen LogP) is -0.711. The molecule has 2 aliphatic heterocycles. The van der Waals surface area contributed by atoms with Crippen molar-refractivity contribution in [2.75, 3.05) is 13.1 Å². The van der Waals surface area contributed by atoms with E-state index in [1.807, 2.05) is 0 Å². The lowest BCUT2D eigenvalue weighted by atomic mass is 10.1. The smallest absolute Gasteiger partial charge is 0.223 e. The summed E-state index contributed by atoms with van der Waals surface area (Å²) in [4.78, 5) is 13.1. The van der Waals surface area contributed by atoms with Gasteiger partial charge in [0.2, 0.25) is 5.91 Å². The van der Waals surface area contributed by atoms with E-state index in [1.165, 1.54) is 0 Å². The van der Waals surface area contributed by atoms with Gasteiger partial charge in [-0.3, -0.25) is 10.1 Å². The van der Waals surface area contributed by atoms with Crippen LogP contribution in [0.3, 0.4) is 0 Å². The van der Waals surface area contributed by atoms with Crippen molar-refractivity contribution in [1.82, 2.24) is 10.2 Å². The van der Waals surface area contributed by atoms with Crippen LogP contribution in [0.25, 0.3) is 0 Å². The molecule has 4 heteroatoms. The molecule has 1 amide bonds. The summed E-state index contributed by atoms with van der Waals surface area (Å²) in [5.41, 5.74) is -0.892. The van der Waals surface area contributed by atoms with Crippen molar-refractivity contribution in [3.8, 4) is 0 Å². The average Bonchev–Trinajstić information content (AvgIpc) is 2.31. The molecule has 0 radical (unpaired) electrons. The standard InChI is InChI=1S/C8H14N2O2/c1-8(12)5-10-6(4-9-8)2-3-7(10)11/h6,9,12H,2-5H2,1H3/t6?,8-/m0/s1. The van der Waals surface area contributed by atoms with Gasteiger partial charge in [0.25, 0.3) is 0 Å². The summed E-state index contributed by atoms with van der Waals surface area (Å²) in [6, 6.07) is 0.317. The van der Waals surface area contributed by atoms with E-state index in [1.54, 1.807) is 11.8 Å². The van der Waals surface area contributed by atoms with E-state index >= 15 is 0 Å². The number of nitrogens with zero attached hydrogens (tertiary/aromatic N) is 1. The van der Waals surface area contributed by atoms with Gasteiger partial charge in [-0.1, -0.05) is 0 Å².